The summed E-state index contributed by atoms with van der Waals surface area (Å²) in [6.45, 7) is 1.65. The molecule has 0 aliphatic heterocycles. The molecule has 0 unspecified atom stereocenters. The lowest BCUT2D eigenvalue weighted by molar-refractivity contribution is -0.132. The number of hydrogen-bond donors (Lipinski definition) is 2. The number of aliphatic hydroxyl groups excluding tert-OH is 1. The van der Waals surface area contributed by atoms with Crippen molar-refractivity contribution < 1.29 is 15.0 Å². The first kappa shape index (κ1) is 8.75. The van der Waals surface area contributed by atoms with Gasteiger partial charge >= 0.3 is 5.97 Å². The van der Waals surface area contributed by atoms with E-state index in [9.17, 15) is 4.79 Å². The number of aliphatic carboxylic acids is 1. The molecule has 0 rings (SSSR count). The molecule has 0 aromatic heterocycles. The Labute approximate surface area is 59.3 Å². The van der Waals surface area contributed by atoms with E-state index in [4.69, 9.17) is 10.2 Å². The highest BCUT2D eigenvalue weighted by Gasteiger charge is 2.01. The highest BCUT2D eigenvalue weighted by atomic mass is 16.4. The second-order valence-corrected chi connectivity index (χ2v) is 1.71. The molecular weight excluding hydrogens is 132 g/mol. The fourth-order valence-electron chi connectivity index (χ4n) is 0.508. The van der Waals surface area contributed by atoms with Gasteiger partial charge in [-0.3, -0.25) is 0 Å². The molecule has 0 aliphatic rings. The average molecular weight is 142 g/mol. The van der Waals surface area contributed by atoms with Gasteiger partial charge < -0.3 is 10.2 Å². The molecular formula is C7H10O3. The van der Waals surface area contributed by atoms with Gasteiger partial charge in [-0.25, -0.2) is 4.79 Å². The minimum absolute atomic E-state index is 0.266. The summed E-state index contributed by atoms with van der Waals surface area (Å²) in [5.74, 6) is -0.944. The fraction of sp³-hybridized carbons (Fsp3) is 0.286. The van der Waals surface area contributed by atoms with Crippen molar-refractivity contribution >= 4 is 5.97 Å². The Bertz CT molecular complexity index is 168. The molecule has 2 N–H and O–H groups in total. The SMILES string of the molecule is CC=C(CC=CO)C(=O)O. The van der Waals surface area contributed by atoms with Crippen LogP contribution in [0.3, 0.4) is 0 Å². The minimum Gasteiger partial charge on any atom is -0.516 e. The number of aliphatic hydroxyl groups is 1. The molecule has 3 nitrogen and oxygen atoms in total. The highest BCUT2D eigenvalue weighted by Crippen LogP contribution is 2.01. The first-order valence-corrected chi connectivity index (χ1v) is 2.90. The molecule has 10 heavy (non-hydrogen) atoms. The number of allylic oxidation sites excluding steroid dienone is 2. The number of carboxylic acids is 1. The lowest BCUT2D eigenvalue weighted by Gasteiger charge is -1.93. The summed E-state index contributed by atoms with van der Waals surface area (Å²) in [7, 11) is 0. The fourth-order valence-corrected chi connectivity index (χ4v) is 0.508. The van der Waals surface area contributed by atoms with Crippen molar-refractivity contribution in [2.45, 2.75) is 13.3 Å². The van der Waals surface area contributed by atoms with Crippen molar-refractivity contribution in [1.82, 2.24) is 0 Å². The van der Waals surface area contributed by atoms with Crippen LogP contribution in [-0.2, 0) is 4.79 Å². The van der Waals surface area contributed by atoms with Crippen molar-refractivity contribution in [3.05, 3.63) is 24.0 Å². The Morgan fingerprint density at radius 2 is 2.20 bits per heavy atom. The second-order valence-electron chi connectivity index (χ2n) is 1.71. The summed E-state index contributed by atoms with van der Waals surface area (Å²) < 4.78 is 0. The topological polar surface area (TPSA) is 57.5 Å². The molecule has 0 spiro atoms. The molecule has 0 aromatic rings. The first-order chi connectivity index (χ1) is 4.72. The van der Waals surface area contributed by atoms with E-state index < -0.39 is 5.97 Å². The van der Waals surface area contributed by atoms with E-state index in [0.29, 0.717) is 0 Å². The van der Waals surface area contributed by atoms with Crippen molar-refractivity contribution in [2.75, 3.05) is 0 Å². The van der Waals surface area contributed by atoms with Gasteiger partial charge in [-0.05, 0) is 13.0 Å². The van der Waals surface area contributed by atoms with Crippen LogP contribution < -0.4 is 0 Å². The first-order valence-electron chi connectivity index (χ1n) is 2.90. The van der Waals surface area contributed by atoms with Gasteiger partial charge in [-0.2, -0.15) is 0 Å². The summed E-state index contributed by atoms with van der Waals surface area (Å²) in [6, 6.07) is 0. The van der Waals surface area contributed by atoms with Gasteiger partial charge in [0, 0.05) is 12.0 Å². The van der Waals surface area contributed by atoms with E-state index >= 15 is 0 Å². The van der Waals surface area contributed by atoms with Gasteiger partial charge in [0.2, 0.25) is 0 Å². The van der Waals surface area contributed by atoms with Crippen molar-refractivity contribution in [1.29, 1.82) is 0 Å². The lowest BCUT2D eigenvalue weighted by atomic mass is 10.2. The summed E-state index contributed by atoms with van der Waals surface area (Å²) in [6.07, 6.45) is 3.99. The van der Waals surface area contributed by atoms with Gasteiger partial charge in [0.15, 0.2) is 0 Å². The third kappa shape index (κ3) is 2.91. The quantitative estimate of drug-likeness (QED) is 0.463. The average Bonchev–Trinajstić information content (AvgIpc) is 1.89. The van der Waals surface area contributed by atoms with E-state index in [2.05, 4.69) is 0 Å². The zero-order chi connectivity index (χ0) is 7.98. The van der Waals surface area contributed by atoms with Gasteiger partial charge in [-0.15, -0.1) is 0 Å². The Kier molecular flexibility index (Phi) is 4.04. The van der Waals surface area contributed by atoms with Crippen LogP contribution in [0.15, 0.2) is 24.0 Å². The van der Waals surface area contributed by atoms with Crippen LogP contribution in [0.1, 0.15) is 13.3 Å². The van der Waals surface area contributed by atoms with Crippen LogP contribution in [0, 0.1) is 0 Å². The molecule has 0 radical (unpaired) electrons. The normalized spacial score (nSPS) is 12.3. The van der Waals surface area contributed by atoms with E-state index in [1.807, 2.05) is 0 Å². The summed E-state index contributed by atoms with van der Waals surface area (Å²) in [5.41, 5.74) is 0.283. The predicted octanol–water partition coefficient (Wildman–Crippen LogP) is 1.48. The molecule has 0 saturated carbocycles. The lowest BCUT2D eigenvalue weighted by Crippen LogP contribution is -1.98. The number of rotatable bonds is 3. The highest BCUT2D eigenvalue weighted by molar-refractivity contribution is 5.86. The molecule has 0 atom stereocenters. The maximum atomic E-state index is 10.3. The van der Waals surface area contributed by atoms with Gasteiger partial charge in [0.1, 0.15) is 0 Å². The molecule has 0 bridgehead atoms. The standard InChI is InChI=1S/C7H10O3/c1-2-6(7(9)10)4-3-5-8/h2-3,5,8H,4H2,1H3,(H,9,10). The molecule has 3 heteroatoms. The van der Waals surface area contributed by atoms with Crippen LogP contribution in [0.4, 0.5) is 0 Å². The minimum atomic E-state index is -0.944. The van der Waals surface area contributed by atoms with E-state index in [0.717, 1.165) is 6.26 Å². The number of carboxylic acid groups (broad SMARTS) is 1. The smallest absolute Gasteiger partial charge is 0.331 e. The Morgan fingerprint density at radius 1 is 1.60 bits per heavy atom. The van der Waals surface area contributed by atoms with Crippen molar-refractivity contribution in [3.63, 3.8) is 0 Å². The summed E-state index contributed by atoms with van der Waals surface area (Å²) >= 11 is 0. The van der Waals surface area contributed by atoms with Gasteiger partial charge in [0.25, 0.3) is 0 Å². The van der Waals surface area contributed by atoms with Crippen LogP contribution in [0.2, 0.25) is 0 Å². The molecule has 0 saturated heterocycles. The molecule has 0 aromatic carbocycles. The summed E-state index contributed by atoms with van der Waals surface area (Å²) in [5, 5.41) is 16.6. The van der Waals surface area contributed by atoms with Gasteiger partial charge in [-0.1, -0.05) is 6.08 Å². The third-order valence-corrected chi connectivity index (χ3v) is 1.07. The molecule has 0 aliphatic carbocycles. The molecule has 0 amide bonds. The molecule has 0 fully saturated rings. The second kappa shape index (κ2) is 4.61. The Hall–Kier alpha value is -1.25. The van der Waals surface area contributed by atoms with Crippen LogP contribution in [0.25, 0.3) is 0 Å². The number of carbonyl (C=O) groups is 1. The Balaban J connectivity index is 3.99. The molecule has 56 valence electrons. The van der Waals surface area contributed by atoms with E-state index in [1.54, 1.807) is 6.92 Å². The predicted molar refractivity (Wildman–Crippen MR) is 37.8 cm³/mol. The zero-order valence-electron chi connectivity index (χ0n) is 5.74. The maximum absolute atomic E-state index is 10.3. The summed E-state index contributed by atoms with van der Waals surface area (Å²) in [4.78, 5) is 10.3. The monoisotopic (exact) mass is 142 g/mol. The van der Waals surface area contributed by atoms with Crippen molar-refractivity contribution in [3.8, 4) is 0 Å². The van der Waals surface area contributed by atoms with Gasteiger partial charge in [0.05, 0.1) is 6.26 Å². The zero-order valence-corrected chi connectivity index (χ0v) is 5.74. The van der Waals surface area contributed by atoms with Crippen molar-refractivity contribution in [2.24, 2.45) is 0 Å². The van der Waals surface area contributed by atoms with E-state index in [-0.39, 0.29) is 12.0 Å². The Morgan fingerprint density at radius 3 is 2.50 bits per heavy atom. The largest absolute Gasteiger partial charge is 0.516 e. The van der Waals surface area contributed by atoms with E-state index in [1.165, 1.54) is 12.2 Å². The number of hydrogen-bond acceptors (Lipinski definition) is 2. The maximum Gasteiger partial charge on any atom is 0.331 e. The van der Waals surface area contributed by atoms with Crippen LogP contribution >= 0.6 is 0 Å². The van der Waals surface area contributed by atoms with Crippen LogP contribution in [0.5, 0.6) is 0 Å². The molecule has 0 heterocycles. The van der Waals surface area contributed by atoms with Crippen LogP contribution in [-0.4, -0.2) is 16.2 Å². The third-order valence-electron chi connectivity index (χ3n) is 1.07.